The fourth-order valence-electron chi connectivity index (χ4n) is 1.80. The van der Waals surface area contributed by atoms with Crippen LogP contribution < -0.4 is 4.74 Å². The average Bonchev–Trinajstić information content (AvgIpc) is 2.80. The highest BCUT2D eigenvalue weighted by Crippen LogP contribution is 2.17. The zero-order valence-electron chi connectivity index (χ0n) is 10.7. The molecule has 0 spiro atoms. The van der Waals surface area contributed by atoms with Gasteiger partial charge in [-0.05, 0) is 25.1 Å². The number of carboxylic acids is 1. The first kappa shape index (κ1) is 13.1. The summed E-state index contributed by atoms with van der Waals surface area (Å²) in [6.07, 6.45) is 2.53. The average molecular weight is 260 g/mol. The van der Waals surface area contributed by atoms with E-state index in [2.05, 4.69) is 5.10 Å². The quantitative estimate of drug-likeness (QED) is 0.810. The van der Waals surface area contributed by atoms with Crippen molar-refractivity contribution in [2.45, 2.75) is 19.9 Å². The van der Waals surface area contributed by atoms with Crippen LogP contribution in [0, 0.1) is 6.92 Å². The number of hydrogen-bond donors (Lipinski definition) is 1. The van der Waals surface area contributed by atoms with Gasteiger partial charge in [-0.25, -0.2) is 4.79 Å². The molecule has 5 nitrogen and oxygen atoms in total. The molecule has 5 heteroatoms. The van der Waals surface area contributed by atoms with Gasteiger partial charge in [-0.1, -0.05) is 12.1 Å². The molecule has 0 aliphatic rings. The summed E-state index contributed by atoms with van der Waals surface area (Å²) < 4.78 is 7.41. The Bertz CT molecular complexity index is 563. The highest BCUT2D eigenvalue weighted by molar-refractivity contribution is 5.90. The lowest BCUT2D eigenvalue weighted by Crippen LogP contribution is -2.08. The lowest BCUT2D eigenvalue weighted by molar-refractivity contribution is 0.0692. The van der Waals surface area contributed by atoms with Gasteiger partial charge < -0.3 is 9.84 Å². The number of carbonyl (C=O) groups is 1. The first-order valence-electron chi connectivity index (χ1n) is 6.12. The van der Waals surface area contributed by atoms with Crippen molar-refractivity contribution >= 4 is 5.97 Å². The molecule has 0 bridgehead atoms. The van der Waals surface area contributed by atoms with E-state index in [1.807, 2.05) is 17.7 Å². The SMILES string of the molecule is Cc1ccnn1CCCOc1ccccc1C(=O)O. The second-order valence-electron chi connectivity index (χ2n) is 4.20. The molecule has 1 heterocycles. The number of para-hydroxylation sites is 1. The molecule has 100 valence electrons. The van der Waals surface area contributed by atoms with E-state index in [4.69, 9.17) is 9.84 Å². The number of aromatic carboxylic acids is 1. The number of rotatable bonds is 6. The smallest absolute Gasteiger partial charge is 0.339 e. The second-order valence-corrected chi connectivity index (χ2v) is 4.20. The van der Waals surface area contributed by atoms with Gasteiger partial charge in [-0.15, -0.1) is 0 Å². The van der Waals surface area contributed by atoms with Crippen LogP contribution in [-0.2, 0) is 6.54 Å². The number of carboxylic acid groups (broad SMARTS) is 1. The standard InChI is InChI=1S/C14H16N2O3/c1-11-7-8-15-16(11)9-4-10-19-13-6-3-2-5-12(13)14(17)18/h2-3,5-8H,4,9-10H2,1H3,(H,17,18). The molecule has 0 aliphatic heterocycles. The van der Waals surface area contributed by atoms with Crippen LogP contribution >= 0.6 is 0 Å². The Balaban J connectivity index is 1.86. The minimum absolute atomic E-state index is 0.192. The van der Waals surface area contributed by atoms with E-state index in [9.17, 15) is 4.79 Å². The van der Waals surface area contributed by atoms with Crippen molar-refractivity contribution in [2.24, 2.45) is 0 Å². The summed E-state index contributed by atoms with van der Waals surface area (Å²) in [6, 6.07) is 8.60. The zero-order valence-corrected chi connectivity index (χ0v) is 10.7. The van der Waals surface area contributed by atoms with Crippen molar-refractivity contribution in [3.8, 4) is 5.75 Å². The number of aromatic nitrogens is 2. The summed E-state index contributed by atoms with van der Waals surface area (Å²) in [5.74, 6) is -0.564. The molecular formula is C14H16N2O3. The molecule has 1 aromatic heterocycles. The first-order valence-corrected chi connectivity index (χ1v) is 6.12. The normalized spacial score (nSPS) is 10.4. The van der Waals surface area contributed by atoms with Crippen LogP contribution in [0.2, 0.25) is 0 Å². The fraction of sp³-hybridized carbons (Fsp3) is 0.286. The molecule has 0 atom stereocenters. The molecule has 1 N–H and O–H groups in total. The summed E-state index contributed by atoms with van der Waals surface area (Å²) in [7, 11) is 0. The van der Waals surface area contributed by atoms with Crippen LogP contribution in [0.1, 0.15) is 22.5 Å². The molecule has 2 aromatic rings. The van der Waals surface area contributed by atoms with Crippen molar-refractivity contribution in [3.05, 3.63) is 47.8 Å². The third-order valence-electron chi connectivity index (χ3n) is 2.82. The predicted octanol–water partition coefficient (Wildman–Crippen LogP) is 2.36. The second kappa shape index (κ2) is 6.04. The minimum atomic E-state index is -0.974. The van der Waals surface area contributed by atoms with Crippen molar-refractivity contribution in [1.29, 1.82) is 0 Å². The molecule has 0 fully saturated rings. The van der Waals surface area contributed by atoms with Crippen molar-refractivity contribution in [1.82, 2.24) is 9.78 Å². The summed E-state index contributed by atoms with van der Waals surface area (Å²) in [5.41, 5.74) is 1.30. The van der Waals surface area contributed by atoms with E-state index in [1.54, 1.807) is 24.4 Å². The van der Waals surface area contributed by atoms with Crippen LogP contribution in [-0.4, -0.2) is 27.5 Å². The van der Waals surface area contributed by atoms with E-state index < -0.39 is 5.97 Å². The number of benzene rings is 1. The van der Waals surface area contributed by atoms with E-state index in [0.29, 0.717) is 12.4 Å². The van der Waals surface area contributed by atoms with Gasteiger partial charge in [0, 0.05) is 24.9 Å². The fourth-order valence-corrected chi connectivity index (χ4v) is 1.80. The summed E-state index contributed by atoms with van der Waals surface area (Å²) in [6.45, 7) is 3.21. The number of ether oxygens (including phenoxy) is 1. The minimum Gasteiger partial charge on any atom is -0.493 e. The lowest BCUT2D eigenvalue weighted by atomic mass is 10.2. The van der Waals surface area contributed by atoms with Crippen molar-refractivity contribution < 1.29 is 14.6 Å². The Kier molecular flexibility index (Phi) is 4.18. The number of aryl methyl sites for hydroxylation is 2. The van der Waals surface area contributed by atoms with Gasteiger partial charge in [0.15, 0.2) is 0 Å². The summed E-state index contributed by atoms with van der Waals surface area (Å²) >= 11 is 0. The largest absolute Gasteiger partial charge is 0.493 e. The van der Waals surface area contributed by atoms with Crippen molar-refractivity contribution in [3.63, 3.8) is 0 Å². The summed E-state index contributed by atoms with van der Waals surface area (Å²) in [5, 5.41) is 13.2. The Morgan fingerprint density at radius 1 is 1.37 bits per heavy atom. The highest BCUT2D eigenvalue weighted by Gasteiger charge is 2.09. The van der Waals surface area contributed by atoms with Gasteiger partial charge in [-0.3, -0.25) is 4.68 Å². The van der Waals surface area contributed by atoms with Crippen molar-refractivity contribution in [2.75, 3.05) is 6.61 Å². The van der Waals surface area contributed by atoms with E-state index in [1.165, 1.54) is 6.07 Å². The summed E-state index contributed by atoms with van der Waals surface area (Å²) in [4.78, 5) is 11.0. The van der Waals surface area contributed by atoms with E-state index in [-0.39, 0.29) is 5.56 Å². The maximum absolute atomic E-state index is 11.0. The van der Waals surface area contributed by atoms with Crippen LogP contribution in [0.4, 0.5) is 0 Å². The van der Waals surface area contributed by atoms with Gasteiger partial charge in [0.2, 0.25) is 0 Å². The molecule has 0 aliphatic carbocycles. The molecule has 2 rings (SSSR count). The molecule has 19 heavy (non-hydrogen) atoms. The molecule has 0 saturated carbocycles. The Labute approximate surface area is 111 Å². The molecule has 0 unspecified atom stereocenters. The third-order valence-corrected chi connectivity index (χ3v) is 2.82. The molecular weight excluding hydrogens is 244 g/mol. The van der Waals surface area contributed by atoms with Gasteiger partial charge in [0.1, 0.15) is 11.3 Å². The predicted molar refractivity (Wildman–Crippen MR) is 70.5 cm³/mol. The van der Waals surface area contributed by atoms with E-state index in [0.717, 1.165) is 18.7 Å². The highest BCUT2D eigenvalue weighted by atomic mass is 16.5. The van der Waals surface area contributed by atoms with Gasteiger partial charge >= 0.3 is 5.97 Å². The topological polar surface area (TPSA) is 64.4 Å². The zero-order chi connectivity index (χ0) is 13.7. The van der Waals surface area contributed by atoms with Crippen LogP contribution in [0.25, 0.3) is 0 Å². The number of nitrogens with zero attached hydrogens (tertiary/aromatic N) is 2. The molecule has 1 aromatic carbocycles. The molecule has 0 saturated heterocycles. The molecule has 0 radical (unpaired) electrons. The first-order chi connectivity index (χ1) is 9.18. The van der Waals surface area contributed by atoms with Crippen LogP contribution in [0.3, 0.4) is 0 Å². The van der Waals surface area contributed by atoms with Gasteiger partial charge in [0.25, 0.3) is 0 Å². The maximum atomic E-state index is 11.0. The Morgan fingerprint density at radius 2 is 2.16 bits per heavy atom. The third kappa shape index (κ3) is 3.34. The molecule has 0 amide bonds. The van der Waals surface area contributed by atoms with Crippen LogP contribution in [0.15, 0.2) is 36.5 Å². The van der Waals surface area contributed by atoms with E-state index >= 15 is 0 Å². The van der Waals surface area contributed by atoms with Gasteiger partial charge in [-0.2, -0.15) is 5.10 Å². The van der Waals surface area contributed by atoms with Crippen LogP contribution in [0.5, 0.6) is 5.75 Å². The Hall–Kier alpha value is -2.30. The van der Waals surface area contributed by atoms with Gasteiger partial charge in [0.05, 0.1) is 6.61 Å². The Morgan fingerprint density at radius 3 is 2.84 bits per heavy atom. The maximum Gasteiger partial charge on any atom is 0.339 e. The monoisotopic (exact) mass is 260 g/mol. The number of hydrogen-bond acceptors (Lipinski definition) is 3. The lowest BCUT2D eigenvalue weighted by Gasteiger charge is -2.09.